The fourth-order valence-electron chi connectivity index (χ4n) is 4.54. The van der Waals surface area contributed by atoms with E-state index in [2.05, 4.69) is 121 Å². The first-order valence-corrected chi connectivity index (χ1v) is 19.0. The Bertz CT molecular complexity index is 929. The van der Waals surface area contributed by atoms with Gasteiger partial charge < -0.3 is 0 Å². The van der Waals surface area contributed by atoms with Gasteiger partial charge in [0.05, 0.1) is 0 Å². The Labute approximate surface area is 217 Å². The molecule has 1 nitrogen and oxygen atoms in total. The minimum atomic E-state index is -2.56. The molecule has 0 aliphatic rings. The van der Waals surface area contributed by atoms with Crippen LogP contribution in [0.2, 0.25) is 0 Å². The van der Waals surface area contributed by atoms with Crippen molar-refractivity contribution in [2.24, 2.45) is 0 Å². The average molecular weight is 560 g/mol. The van der Waals surface area contributed by atoms with Crippen molar-refractivity contribution in [2.75, 3.05) is 18.5 Å². The van der Waals surface area contributed by atoms with E-state index in [0.717, 1.165) is 24.2 Å². The van der Waals surface area contributed by atoms with Gasteiger partial charge in [0.15, 0.2) is 0 Å². The molecule has 0 atom stereocenters. The Morgan fingerprint density at radius 3 is 1.47 bits per heavy atom. The van der Waals surface area contributed by atoms with Gasteiger partial charge in [-0.15, -0.1) is 0 Å². The molecule has 0 spiro atoms. The maximum atomic E-state index is 7.41. The summed E-state index contributed by atoms with van der Waals surface area (Å²) >= 11 is 4.44. The van der Waals surface area contributed by atoms with Crippen molar-refractivity contribution in [3.05, 3.63) is 84.9 Å². The molecule has 34 heavy (non-hydrogen) atoms. The van der Waals surface area contributed by atoms with Crippen LogP contribution in [0.4, 0.5) is 0 Å². The molecular formula is C30H41BrOP2. The molecule has 0 N–H and O–H groups in total. The van der Waals surface area contributed by atoms with E-state index in [9.17, 15) is 0 Å². The van der Waals surface area contributed by atoms with E-state index in [1.807, 2.05) is 0 Å². The van der Waals surface area contributed by atoms with E-state index in [4.69, 9.17) is 4.52 Å². The Hall–Kier alpha value is -1.20. The molecule has 0 aliphatic carbocycles. The molecule has 0 heterocycles. The third kappa shape index (κ3) is 7.16. The van der Waals surface area contributed by atoms with Crippen LogP contribution in [0.1, 0.15) is 59.3 Å². The number of hydrogen-bond acceptors (Lipinski definition) is 1. The van der Waals surface area contributed by atoms with Crippen molar-refractivity contribution >= 4 is 44.9 Å². The molecule has 0 radical (unpaired) electrons. The predicted molar refractivity (Wildman–Crippen MR) is 161 cm³/mol. The molecule has 3 aromatic carbocycles. The van der Waals surface area contributed by atoms with Gasteiger partial charge in [-0.3, -0.25) is 0 Å². The predicted octanol–water partition coefficient (Wildman–Crippen LogP) is 9.00. The molecular weight excluding hydrogens is 518 g/mol. The summed E-state index contributed by atoms with van der Waals surface area (Å²) in [5.41, 5.74) is -2.56. The summed E-state index contributed by atoms with van der Waals surface area (Å²) in [6.45, 7) is 6.89. The van der Waals surface area contributed by atoms with Crippen LogP contribution in [0.25, 0.3) is 0 Å². The Balaban J connectivity index is 2.12. The van der Waals surface area contributed by atoms with Crippen molar-refractivity contribution < 1.29 is 4.52 Å². The Morgan fingerprint density at radius 1 is 0.618 bits per heavy atom. The molecule has 0 unspecified atom stereocenters. The van der Waals surface area contributed by atoms with Crippen LogP contribution in [0.5, 0.6) is 5.75 Å². The van der Waals surface area contributed by atoms with E-state index in [0.29, 0.717) is 0 Å². The average Bonchev–Trinajstić information content (AvgIpc) is 2.88. The third-order valence-electron chi connectivity index (χ3n) is 6.47. The Kier molecular flexibility index (Phi) is 10.6. The number of unbranched alkanes of at least 4 members (excludes halogenated alkanes) is 3. The van der Waals surface area contributed by atoms with Crippen LogP contribution < -0.4 is 20.4 Å². The molecule has 3 aromatic rings. The van der Waals surface area contributed by atoms with Gasteiger partial charge in [0.25, 0.3) is 0 Å². The molecule has 0 fully saturated rings. The number of rotatable bonds is 14. The van der Waals surface area contributed by atoms with E-state index < -0.39 is 13.5 Å². The fraction of sp³-hybridized carbons (Fsp3) is 0.400. The summed E-state index contributed by atoms with van der Waals surface area (Å²) in [4.78, 5) is 0. The number of hydrogen-bond donors (Lipinski definition) is 0. The van der Waals surface area contributed by atoms with E-state index in [1.165, 1.54) is 54.4 Å². The van der Waals surface area contributed by atoms with Gasteiger partial charge in [-0.05, 0) is 0 Å². The van der Waals surface area contributed by atoms with E-state index in [-0.39, 0.29) is 0 Å². The molecule has 0 saturated carbocycles. The van der Waals surface area contributed by atoms with E-state index >= 15 is 0 Å². The number of para-hydroxylation sites is 1. The van der Waals surface area contributed by atoms with Gasteiger partial charge in [-0.25, -0.2) is 0 Å². The summed E-state index contributed by atoms with van der Waals surface area (Å²) < 4.78 is 7.41. The SMILES string of the molecule is CCCCP(Br)(CCCC)(CCCC)Oc1ccccc1P(c1ccccc1)c1ccccc1. The summed E-state index contributed by atoms with van der Waals surface area (Å²) in [6, 6.07) is 30.8. The van der Waals surface area contributed by atoms with Crippen LogP contribution in [0, 0.1) is 0 Å². The van der Waals surface area contributed by atoms with Crippen LogP contribution in [0.3, 0.4) is 0 Å². The second-order valence-corrected chi connectivity index (χ2v) is 21.3. The van der Waals surface area contributed by atoms with Crippen LogP contribution >= 0.6 is 28.9 Å². The zero-order valence-corrected chi connectivity index (χ0v) is 24.5. The van der Waals surface area contributed by atoms with Gasteiger partial charge in [0, 0.05) is 0 Å². The normalized spacial score (nSPS) is 12.9. The molecule has 0 aromatic heterocycles. The summed E-state index contributed by atoms with van der Waals surface area (Å²) in [7, 11) is -0.706. The second kappa shape index (κ2) is 13.2. The zero-order valence-electron chi connectivity index (χ0n) is 21.1. The first kappa shape index (κ1) is 27.4. The molecule has 3 rings (SSSR count). The molecule has 0 aliphatic heterocycles. The summed E-state index contributed by atoms with van der Waals surface area (Å²) in [5.74, 6) is 1.08. The summed E-state index contributed by atoms with van der Waals surface area (Å²) in [6.07, 6.45) is 10.7. The maximum absolute atomic E-state index is 7.41. The second-order valence-electron chi connectivity index (χ2n) is 9.28. The van der Waals surface area contributed by atoms with Crippen LogP contribution in [-0.2, 0) is 0 Å². The minimum absolute atomic E-state index is 0.706. The number of benzene rings is 3. The molecule has 0 amide bonds. The standard InChI is InChI=1S/C30H41BrOP2/c1-4-7-24-34(31,25-8-5-2,26-9-6-3)32-29-22-16-17-23-30(29)33(27-18-12-10-13-19-27)28-20-14-11-15-21-28/h10-23H,4-9,24-26H2,1-3H3. The van der Waals surface area contributed by atoms with Crippen molar-refractivity contribution in [2.45, 2.75) is 59.3 Å². The third-order valence-corrected chi connectivity index (χ3v) is 17.1. The first-order valence-electron chi connectivity index (χ1n) is 12.9. The topological polar surface area (TPSA) is 9.23 Å². The fourth-order valence-corrected chi connectivity index (χ4v) is 14.3. The van der Waals surface area contributed by atoms with Crippen molar-refractivity contribution in [1.82, 2.24) is 0 Å². The Morgan fingerprint density at radius 2 is 1.03 bits per heavy atom. The van der Waals surface area contributed by atoms with Gasteiger partial charge in [0.2, 0.25) is 0 Å². The molecule has 184 valence electrons. The molecule has 0 bridgehead atoms. The van der Waals surface area contributed by atoms with Gasteiger partial charge in [-0.1, -0.05) is 0 Å². The van der Waals surface area contributed by atoms with E-state index in [1.54, 1.807) is 0 Å². The first-order chi connectivity index (χ1) is 16.5. The van der Waals surface area contributed by atoms with Gasteiger partial charge >= 0.3 is 218 Å². The molecule has 0 saturated heterocycles. The van der Waals surface area contributed by atoms with Crippen molar-refractivity contribution in [1.29, 1.82) is 0 Å². The quantitative estimate of drug-likeness (QED) is 0.179. The monoisotopic (exact) mass is 558 g/mol. The van der Waals surface area contributed by atoms with Crippen molar-refractivity contribution in [3.63, 3.8) is 0 Å². The van der Waals surface area contributed by atoms with Gasteiger partial charge in [-0.2, -0.15) is 0 Å². The summed E-state index contributed by atoms with van der Waals surface area (Å²) in [5, 5.41) is 4.06. The molecule has 4 heteroatoms. The van der Waals surface area contributed by atoms with Gasteiger partial charge in [0.1, 0.15) is 0 Å². The number of halogens is 1. The van der Waals surface area contributed by atoms with Crippen LogP contribution in [0.15, 0.2) is 84.9 Å². The van der Waals surface area contributed by atoms with Crippen molar-refractivity contribution in [3.8, 4) is 5.75 Å². The zero-order chi connectivity index (χ0) is 24.3. The van der Waals surface area contributed by atoms with Crippen LogP contribution in [-0.4, -0.2) is 18.5 Å².